The fourth-order valence-corrected chi connectivity index (χ4v) is 12.0. The van der Waals surface area contributed by atoms with Gasteiger partial charge in [-0.25, -0.2) is 9.67 Å². The van der Waals surface area contributed by atoms with Gasteiger partial charge in [-0.3, -0.25) is 4.79 Å². The first-order chi connectivity index (χ1) is 21.7. The molecule has 3 N–H and O–H groups in total. The molecule has 4 aliphatic carbocycles. The molecule has 3 saturated carbocycles. The summed E-state index contributed by atoms with van der Waals surface area (Å²) in [5, 5.41) is 15.8. The first kappa shape index (κ1) is 35.1. The van der Waals surface area contributed by atoms with Gasteiger partial charge in [0.05, 0.1) is 37.9 Å². The molecule has 264 valence electrons. The highest BCUT2D eigenvalue weighted by Gasteiger charge is 2.72. The molecule has 2 heterocycles. The van der Waals surface area contributed by atoms with Crippen molar-refractivity contribution in [1.29, 1.82) is 0 Å². The van der Waals surface area contributed by atoms with Crippen LogP contribution in [0.15, 0.2) is 24.3 Å². The summed E-state index contributed by atoms with van der Waals surface area (Å²) in [7, 11) is 0. The van der Waals surface area contributed by atoms with Crippen LogP contribution in [0.2, 0.25) is 0 Å². The molecule has 0 aromatic carbocycles. The van der Waals surface area contributed by atoms with E-state index in [4.69, 9.17) is 20.3 Å². The van der Waals surface area contributed by atoms with Gasteiger partial charge in [-0.05, 0) is 96.2 Å². The quantitative estimate of drug-likeness (QED) is 0.293. The number of hydrogen-bond acceptors (Lipinski definition) is 6. The largest absolute Gasteiger partial charge is 0.481 e. The Balaban J connectivity index is 1.51. The number of ether oxygens (including phenoxy) is 2. The van der Waals surface area contributed by atoms with Crippen molar-refractivity contribution in [3.63, 3.8) is 0 Å². The van der Waals surface area contributed by atoms with E-state index in [1.54, 1.807) is 6.33 Å². The molecule has 0 amide bonds. The Hall–Kier alpha value is -1.77. The van der Waals surface area contributed by atoms with Crippen molar-refractivity contribution < 1.29 is 19.4 Å². The molecule has 0 radical (unpaired) electrons. The van der Waals surface area contributed by atoms with Crippen LogP contribution >= 0.6 is 0 Å². The second kappa shape index (κ2) is 11.1. The standard InChI is InChI=1S/C39H64N4O4/c1-24(2)25(3)35(8)16-17-36(9)26-12-13-29-34(7)18-28(43-23-41-22-42-43)31(47-20-38(11,40)33(4,5)6)39(29,21-46-19-34)27(26)14-15-37(36,10)30(35)32(44)45/h14,22-26,28-31H,12-13,15-21,40H2,1-11H3,(H,44,45)/t25-,26+,28-,29-,30-,31+,34-,35-,36-,37+,38+,39+/m1/s1. The minimum Gasteiger partial charge on any atom is -0.481 e. The third kappa shape index (κ3) is 4.80. The lowest BCUT2D eigenvalue weighted by Gasteiger charge is -2.71. The summed E-state index contributed by atoms with van der Waals surface area (Å²) in [6.07, 6.45) is 11.6. The maximum atomic E-state index is 13.5. The number of aliphatic carboxylic acids is 1. The Bertz CT molecular complexity index is 1380. The van der Waals surface area contributed by atoms with Gasteiger partial charge in [-0.15, -0.1) is 0 Å². The third-order valence-corrected chi connectivity index (χ3v) is 16.1. The first-order valence-corrected chi connectivity index (χ1v) is 18.5. The normalized spacial score (nSPS) is 45.2. The van der Waals surface area contributed by atoms with E-state index in [2.05, 4.69) is 87.2 Å². The zero-order chi connectivity index (χ0) is 34.6. The van der Waals surface area contributed by atoms with E-state index >= 15 is 0 Å². The first-order valence-electron chi connectivity index (χ1n) is 18.5. The fourth-order valence-electron chi connectivity index (χ4n) is 12.0. The Labute approximate surface area is 284 Å². The Morgan fingerprint density at radius 1 is 1.11 bits per heavy atom. The molecule has 1 aliphatic heterocycles. The lowest BCUT2D eigenvalue weighted by molar-refractivity contribution is -0.255. The highest BCUT2D eigenvalue weighted by molar-refractivity contribution is 5.73. The molecule has 5 aliphatic rings. The molecule has 2 bridgehead atoms. The molecule has 0 unspecified atom stereocenters. The number of aromatic nitrogens is 3. The van der Waals surface area contributed by atoms with E-state index in [-0.39, 0.29) is 50.6 Å². The minimum absolute atomic E-state index is 0.00695. The lowest BCUT2D eigenvalue weighted by atomic mass is 9.34. The van der Waals surface area contributed by atoms with Gasteiger partial charge in [-0.1, -0.05) is 80.9 Å². The van der Waals surface area contributed by atoms with Crippen LogP contribution in [0.3, 0.4) is 0 Å². The molecule has 4 fully saturated rings. The van der Waals surface area contributed by atoms with Crippen LogP contribution in [0, 0.1) is 62.1 Å². The van der Waals surface area contributed by atoms with Crippen LogP contribution in [-0.2, 0) is 14.3 Å². The van der Waals surface area contributed by atoms with Crippen molar-refractivity contribution in [3.8, 4) is 0 Å². The predicted octanol–water partition coefficient (Wildman–Crippen LogP) is 7.56. The topological polar surface area (TPSA) is 112 Å². The van der Waals surface area contributed by atoms with Crippen LogP contribution in [0.5, 0.6) is 0 Å². The van der Waals surface area contributed by atoms with Gasteiger partial charge < -0.3 is 20.3 Å². The van der Waals surface area contributed by atoms with Crippen molar-refractivity contribution in [2.45, 2.75) is 132 Å². The van der Waals surface area contributed by atoms with E-state index in [9.17, 15) is 9.90 Å². The number of rotatable bonds is 7. The summed E-state index contributed by atoms with van der Waals surface area (Å²) in [6.45, 7) is 26.7. The number of allylic oxidation sites excluding steroid dienone is 1. The second-order valence-corrected chi connectivity index (χ2v) is 19.4. The molecule has 6 rings (SSSR count). The molecule has 47 heavy (non-hydrogen) atoms. The predicted molar refractivity (Wildman–Crippen MR) is 184 cm³/mol. The van der Waals surface area contributed by atoms with E-state index in [1.165, 1.54) is 5.57 Å². The van der Waals surface area contributed by atoms with Gasteiger partial charge in [-0.2, -0.15) is 5.10 Å². The number of hydrogen-bond donors (Lipinski definition) is 2. The van der Waals surface area contributed by atoms with Gasteiger partial charge in [0.2, 0.25) is 0 Å². The summed E-state index contributed by atoms with van der Waals surface area (Å²) < 4.78 is 16.0. The smallest absolute Gasteiger partial charge is 0.307 e. The van der Waals surface area contributed by atoms with Crippen LogP contribution in [-0.4, -0.2) is 57.3 Å². The maximum absolute atomic E-state index is 13.5. The molecular weight excluding hydrogens is 588 g/mol. The van der Waals surface area contributed by atoms with E-state index in [0.29, 0.717) is 31.0 Å². The third-order valence-electron chi connectivity index (χ3n) is 16.1. The summed E-state index contributed by atoms with van der Waals surface area (Å²) in [6, 6.07) is -0.00695. The monoisotopic (exact) mass is 652 g/mol. The second-order valence-electron chi connectivity index (χ2n) is 19.4. The zero-order valence-electron chi connectivity index (χ0n) is 31.2. The van der Waals surface area contributed by atoms with Crippen molar-refractivity contribution in [1.82, 2.24) is 14.8 Å². The summed E-state index contributed by atoms with van der Waals surface area (Å²) >= 11 is 0. The molecule has 8 heteroatoms. The molecule has 12 atom stereocenters. The number of fused-ring (bicyclic) bond motifs is 3. The Morgan fingerprint density at radius 2 is 1.81 bits per heavy atom. The highest BCUT2D eigenvalue weighted by atomic mass is 16.5. The molecule has 8 nitrogen and oxygen atoms in total. The van der Waals surface area contributed by atoms with Gasteiger partial charge in [0.1, 0.15) is 12.7 Å². The van der Waals surface area contributed by atoms with Crippen molar-refractivity contribution >= 4 is 5.97 Å². The summed E-state index contributed by atoms with van der Waals surface area (Å²) in [4.78, 5) is 17.9. The Morgan fingerprint density at radius 3 is 2.40 bits per heavy atom. The van der Waals surface area contributed by atoms with Gasteiger partial charge in [0.15, 0.2) is 0 Å². The van der Waals surface area contributed by atoms with Crippen LogP contribution < -0.4 is 5.73 Å². The highest BCUT2D eigenvalue weighted by Crippen LogP contribution is 2.75. The molecular formula is C39H64N4O4. The lowest BCUT2D eigenvalue weighted by Crippen LogP contribution is -2.70. The molecule has 1 aromatic heterocycles. The van der Waals surface area contributed by atoms with E-state index < -0.39 is 17.4 Å². The number of carboxylic acid groups (broad SMARTS) is 1. The summed E-state index contributed by atoms with van der Waals surface area (Å²) in [5.41, 5.74) is 6.58. The molecule has 0 spiro atoms. The minimum atomic E-state index is -0.625. The van der Waals surface area contributed by atoms with Crippen molar-refractivity contribution in [2.24, 2.45) is 67.8 Å². The fraction of sp³-hybridized carbons (Fsp3) is 0.872. The maximum Gasteiger partial charge on any atom is 0.307 e. The van der Waals surface area contributed by atoms with Crippen LogP contribution in [0.25, 0.3) is 0 Å². The van der Waals surface area contributed by atoms with Crippen molar-refractivity contribution in [2.75, 3.05) is 19.8 Å². The number of carbonyl (C=O) groups is 1. The SMILES string of the molecule is CC(C)[C@@H](C)[C@@]1(C)CC[C@]2(C)[C@H]3CC[C@@H]4[C@@]5(C)COC[C@@]4(C3=CC[C@@]2(C)[C@@H]1C(=O)O)[C@@H](OC[C@](C)(N)C(C)(C)C)[C@H](n1cncn1)C5. The number of carboxylic acids is 1. The van der Waals surface area contributed by atoms with Crippen molar-refractivity contribution in [3.05, 3.63) is 24.3 Å². The Kier molecular flexibility index (Phi) is 8.29. The van der Waals surface area contributed by atoms with Gasteiger partial charge in [0.25, 0.3) is 0 Å². The van der Waals surface area contributed by atoms with Gasteiger partial charge in [0, 0.05) is 11.0 Å². The average Bonchev–Trinajstić information content (AvgIpc) is 3.50. The van der Waals surface area contributed by atoms with E-state index in [0.717, 1.165) is 45.1 Å². The van der Waals surface area contributed by atoms with Crippen LogP contribution in [0.4, 0.5) is 0 Å². The van der Waals surface area contributed by atoms with E-state index in [1.807, 2.05) is 11.0 Å². The molecule has 1 saturated heterocycles. The average molecular weight is 653 g/mol. The zero-order valence-corrected chi connectivity index (χ0v) is 31.2. The van der Waals surface area contributed by atoms with Gasteiger partial charge >= 0.3 is 5.97 Å². The number of nitrogens with zero attached hydrogens (tertiary/aromatic N) is 3. The number of nitrogens with two attached hydrogens (primary N) is 1. The molecule has 1 aromatic rings. The summed E-state index contributed by atoms with van der Waals surface area (Å²) in [5.74, 6) is 0.346. The van der Waals surface area contributed by atoms with Crippen LogP contribution in [0.1, 0.15) is 121 Å².